The third kappa shape index (κ3) is 6.96. The summed E-state index contributed by atoms with van der Waals surface area (Å²) in [6.07, 6.45) is 1.93. The van der Waals surface area contributed by atoms with Crippen LogP contribution in [0.2, 0.25) is 0 Å². The van der Waals surface area contributed by atoms with E-state index in [4.69, 9.17) is 14.2 Å². The number of carbonyl (C=O) groups is 1. The van der Waals surface area contributed by atoms with Crippen LogP contribution in [0, 0.1) is 0 Å². The number of amides is 1. The highest BCUT2D eigenvalue weighted by Gasteiger charge is 2.08. The van der Waals surface area contributed by atoms with Crippen molar-refractivity contribution in [1.29, 1.82) is 0 Å². The largest absolute Gasteiger partial charge is 0.497 e. The summed E-state index contributed by atoms with van der Waals surface area (Å²) >= 11 is 0. The molecule has 0 bridgehead atoms. The van der Waals surface area contributed by atoms with Crippen molar-refractivity contribution in [1.82, 2.24) is 0 Å². The number of methoxy groups -OCH3 is 2. The van der Waals surface area contributed by atoms with Gasteiger partial charge in [0, 0.05) is 11.8 Å². The number of hydrogen-bond donors (Lipinski definition) is 2. The summed E-state index contributed by atoms with van der Waals surface area (Å²) in [6, 6.07) is 23.1. The molecule has 0 aliphatic heterocycles. The second-order valence-corrected chi connectivity index (χ2v) is 6.93. The average Bonchev–Trinajstić information content (AvgIpc) is 2.82. The Morgan fingerprint density at radius 3 is 2.32 bits per heavy atom. The number of ether oxygens (including phenoxy) is 3. The van der Waals surface area contributed by atoms with Gasteiger partial charge in [0.05, 0.1) is 33.1 Å². The maximum atomic E-state index is 12.3. The van der Waals surface area contributed by atoms with Crippen molar-refractivity contribution >= 4 is 17.3 Å². The van der Waals surface area contributed by atoms with Crippen LogP contribution in [-0.4, -0.2) is 33.3 Å². The van der Waals surface area contributed by atoms with E-state index in [1.54, 1.807) is 32.4 Å². The van der Waals surface area contributed by atoms with E-state index in [0.29, 0.717) is 29.5 Å². The summed E-state index contributed by atoms with van der Waals surface area (Å²) in [4.78, 5) is 12.3. The molecule has 6 heteroatoms. The van der Waals surface area contributed by atoms with Crippen molar-refractivity contribution < 1.29 is 19.0 Å². The molecule has 0 radical (unpaired) electrons. The van der Waals surface area contributed by atoms with E-state index in [2.05, 4.69) is 22.8 Å². The molecular weight excluding hydrogens is 392 g/mol. The molecule has 0 aliphatic rings. The molecule has 0 aliphatic carbocycles. The number of aryl methyl sites for hydroxylation is 1. The van der Waals surface area contributed by atoms with Crippen LogP contribution in [-0.2, 0) is 11.2 Å². The number of nitrogens with one attached hydrogen (secondary N) is 2. The number of carbonyl (C=O) groups excluding carboxylic acids is 1. The summed E-state index contributed by atoms with van der Waals surface area (Å²) < 4.78 is 16.3. The van der Waals surface area contributed by atoms with Crippen LogP contribution < -0.4 is 24.8 Å². The smallest absolute Gasteiger partial charge is 0.243 e. The lowest BCUT2D eigenvalue weighted by Crippen LogP contribution is -2.22. The number of anilines is 2. The first kappa shape index (κ1) is 22.0. The minimum atomic E-state index is -0.165. The molecule has 0 heterocycles. The summed E-state index contributed by atoms with van der Waals surface area (Å²) in [5.74, 6) is 1.94. The molecule has 6 nitrogen and oxygen atoms in total. The molecule has 0 saturated carbocycles. The van der Waals surface area contributed by atoms with Crippen LogP contribution in [0.1, 0.15) is 12.0 Å². The van der Waals surface area contributed by atoms with Gasteiger partial charge >= 0.3 is 0 Å². The van der Waals surface area contributed by atoms with Gasteiger partial charge in [-0.1, -0.05) is 30.3 Å². The van der Waals surface area contributed by atoms with Crippen LogP contribution in [0.25, 0.3) is 0 Å². The summed E-state index contributed by atoms with van der Waals surface area (Å²) in [5.41, 5.74) is 2.71. The second-order valence-electron chi connectivity index (χ2n) is 6.93. The van der Waals surface area contributed by atoms with Crippen molar-refractivity contribution in [3.63, 3.8) is 0 Å². The first-order chi connectivity index (χ1) is 15.2. The van der Waals surface area contributed by atoms with Gasteiger partial charge in [-0.15, -0.1) is 0 Å². The Labute approximate surface area is 183 Å². The first-order valence-corrected chi connectivity index (χ1v) is 10.2. The molecule has 3 aromatic carbocycles. The maximum Gasteiger partial charge on any atom is 0.243 e. The van der Waals surface area contributed by atoms with Gasteiger partial charge in [-0.3, -0.25) is 4.79 Å². The van der Waals surface area contributed by atoms with Crippen molar-refractivity contribution in [2.75, 3.05) is 38.0 Å². The molecule has 2 N–H and O–H groups in total. The Morgan fingerprint density at radius 1 is 0.871 bits per heavy atom. The van der Waals surface area contributed by atoms with Crippen LogP contribution in [0.15, 0.2) is 72.8 Å². The van der Waals surface area contributed by atoms with Crippen LogP contribution in [0.5, 0.6) is 17.2 Å². The van der Waals surface area contributed by atoms with Crippen LogP contribution >= 0.6 is 0 Å². The van der Waals surface area contributed by atoms with Gasteiger partial charge in [0.25, 0.3) is 0 Å². The SMILES string of the molecule is COc1ccc(OC)c(NCC(=O)Nc2ccc(OCCCc3ccccc3)cc2)c1. The van der Waals surface area contributed by atoms with Gasteiger partial charge in [-0.25, -0.2) is 0 Å². The molecule has 0 fully saturated rings. The zero-order chi connectivity index (χ0) is 21.9. The second kappa shape index (κ2) is 11.5. The molecule has 0 saturated heterocycles. The normalized spacial score (nSPS) is 10.3. The van der Waals surface area contributed by atoms with E-state index in [1.807, 2.05) is 42.5 Å². The van der Waals surface area contributed by atoms with E-state index >= 15 is 0 Å². The molecule has 0 spiro atoms. The zero-order valence-electron chi connectivity index (χ0n) is 17.9. The fourth-order valence-corrected chi connectivity index (χ4v) is 3.08. The molecular formula is C25H28N2O4. The number of rotatable bonds is 11. The summed E-state index contributed by atoms with van der Waals surface area (Å²) in [6.45, 7) is 0.744. The fraction of sp³-hybridized carbons (Fsp3) is 0.240. The Morgan fingerprint density at radius 2 is 1.61 bits per heavy atom. The van der Waals surface area contributed by atoms with Crippen molar-refractivity contribution in [2.24, 2.45) is 0 Å². The van der Waals surface area contributed by atoms with Gasteiger partial charge < -0.3 is 24.8 Å². The molecule has 0 atom stereocenters. The van der Waals surface area contributed by atoms with Gasteiger partial charge in [-0.05, 0) is 54.8 Å². The third-order valence-corrected chi connectivity index (χ3v) is 4.71. The highest BCUT2D eigenvalue weighted by atomic mass is 16.5. The van der Waals surface area contributed by atoms with Crippen molar-refractivity contribution in [2.45, 2.75) is 12.8 Å². The molecule has 3 aromatic rings. The standard InChI is InChI=1S/C25H28N2O4/c1-29-22-14-15-24(30-2)23(17-22)26-18-25(28)27-20-10-12-21(13-11-20)31-16-6-9-19-7-4-3-5-8-19/h3-5,7-8,10-15,17,26H,6,9,16,18H2,1-2H3,(H,27,28). The minimum absolute atomic E-state index is 0.0985. The van der Waals surface area contributed by atoms with E-state index < -0.39 is 0 Å². The molecule has 31 heavy (non-hydrogen) atoms. The van der Waals surface area contributed by atoms with Gasteiger partial charge in [-0.2, -0.15) is 0 Å². The molecule has 162 valence electrons. The quantitative estimate of drug-likeness (QED) is 0.438. The van der Waals surface area contributed by atoms with Gasteiger partial charge in [0.1, 0.15) is 17.2 Å². The molecule has 0 aromatic heterocycles. The Hall–Kier alpha value is -3.67. The van der Waals surface area contributed by atoms with E-state index in [-0.39, 0.29) is 12.5 Å². The summed E-state index contributed by atoms with van der Waals surface area (Å²) in [7, 11) is 3.17. The third-order valence-electron chi connectivity index (χ3n) is 4.71. The fourth-order valence-electron chi connectivity index (χ4n) is 3.08. The molecule has 0 unspecified atom stereocenters. The lowest BCUT2D eigenvalue weighted by molar-refractivity contribution is -0.114. The Bertz CT molecular complexity index is 959. The predicted octanol–water partition coefficient (Wildman–Crippen LogP) is 4.77. The topological polar surface area (TPSA) is 68.8 Å². The minimum Gasteiger partial charge on any atom is -0.497 e. The number of benzene rings is 3. The first-order valence-electron chi connectivity index (χ1n) is 10.2. The van der Waals surface area contributed by atoms with Crippen LogP contribution in [0.4, 0.5) is 11.4 Å². The summed E-state index contributed by atoms with van der Waals surface area (Å²) in [5, 5.41) is 5.94. The highest BCUT2D eigenvalue weighted by Crippen LogP contribution is 2.28. The Balaban J connectivity index is 1.42. The zero-order valence-corrected chi connectivity index (χ0v) is 17.9. The van der Waals surface area contributed by atoms with Gasteiger partial charge in [0.2, 0.25) is 5.91 Å². The lowest BCUT2D eigenvalue weighted by atomic mass is 10.1. The van der Waals surface area contributed by atoms with Crippen molar-refractivity contribution in [3.8, 4) is 17.2 Å². The van der Waals surface area contributed by atoms with E-state index in [9.17, 15) is 4.79 Å². The van der Waals surface area contributed by atoms with Gasteiger partial charge in [0.15, 0.2) is 0 Å². The molecule has 3 rings (SSSR count). The Kier molecular flexibility index (Phi) is 8.17. The highest BCUT2D eigenvalue weighted by molar-refractivity contribution is 5.94. The predicted molar refractivity (Wildman–Crippen MR) is 123 cm³/mol. The average molecular weight is 421 g/mol. The van der Waals surface area contributed by atoms with E-state index in [0.717, 1.165) is 18.6 Å². The monoisotopic (exact) mass is 420 g/mol. The number of hydrogen-bond acceptors (Lipinski definition) is 5. The maximum absolute atomic E-state index is 12.3. The van der Waals surface area contributed by atoms with Crippen LogP contribution in [0.3, 0.4) is 0 Å². The lowest BCUT2D eigenvalue weighted by Gasteiger charge is -2.13. The molecule has 1 amide bonds. The van der Waals surface area contributed by atoms with E-state index in [1.165, 1.54) is 5.56 Å². The van der Waals surface area contributed by atoms with Crippen molar-refractivity contribution in [3.05, 3.63) is 78.4 Å².